The molecule has 1 aliphatic carbocycles. The molecule has 3 aromatic rings. The molecule has 0 spiro atoms. The van der Waals surface area contributed by atoms with E-state index in [2.05, 4.69) is 0 Å². The van der Waals surface area contributed by atoms with Gasteiger partial charge in [0.1, 0.15) is 5.58 Å². The summed E-state index contributed by atoms with van der Waals surface area (Å²) in [5, 5.41) is 0.949. The monoisotopic (exact) mass is 335 g/mol. The molecule has 1 saturated carbocycles. The second kappa shape index (κ2) is 5.55. The number of rotatable bonds is 4. The molecule has 1 fully saturated rings. The van der Waals surface area contributed by atoms with E-state index in [0.717, 1.165) is 40.9 Å². The molecule has 0 atom stereocenters. The highest BCUT2D eigenvalue weighted by Gasteiger charge is 2.34. The van der Waals surface area contributed by atoms with E-state index in [9.17, 15) is 4.79 Å². The number of para-hydroxylation sites is 1. The van der Waals surface area contributed by atoms with Gasteiger partial charge >= 0.3 is 0 Å². The lowest BCUT2D eigenvalue weighted by Crippen LogP contribution is -2.32. The summed E-state index contributed by atoms with van der Waals surface area (Å²) in [7, 11) is 0. The van der Waals surface area contributed by atoms with Gasteiger partial charge in [-0.3, -0.25) is 4.79 Å². The van der Waals surface area contributed by atoms with Crippen LogP contribution in [0.3, 0.4) is 0 Å². The van der Waals surface area contributed by atoms with Gasteiger partial charge in [-0.15, -0.1) is 0 Å². The fourth-order valence-electron chi connectivity index (χ4n) is 3.22. The van der Waals surface area contributed by atoms with Crippen molar-refractivity contribution in [3.05, 3.63) is 59.9 Å². The van der Waals surface area contributed by atoms with E-state index in [4.69, 9.17) is 13.9 Å². The van der Waals surface area contributed by atoms with E-state index in [0.29, 0.717) is 12.3 Å². The molecule has 2 aliphatic rings. The molecule has 5 nitrogen and oxygen atoms in total. The number of carbonyl (C=O) groups excluding carboxylic acids is 1. The number of ether oxygens (including phenoxy) is 2. The second-order valence-corrected chi connectivity index (χ2v) is 6.50. The summed E-state index contributed by atoms with van der Waals surface area (Å²) in [4.78, 5) is 14.9. The van der Waals surface area contributed by atoms with E-state index in [1.807, 2.05) is 53.4 Å². The van der Waals surface area contributed by atoms with Gasteiger partial charge in [-0.25, -0.2) is 0 Å². The molecule has 0 radical (unpaired) electrons. The summed E-state index contributed by atoms with van der Waals surface area (Å²) < 4.78 is 16.6. The van der Waals surface area contributed by atoms with Gasteiger partial charge in [-0.1, -0.05) is 24.3 Å². The maximum atomic E-state index is 13.0. The summed E-state index contributed by atoms with van der Waals surface area (Å²) in [6, 6.07) is 15.6. The summed E-state index contributed by atoms with van der Waals surface area (Å²) in [6.45, 7) is 0.792. The van der Waals surface area contributed by atoms with Crippen LogP contribution in [0.15, 0.2) is 52.9 Å². The summed E-state index contributed by atoms with van der Waals surface area (Å²) in [6.07, 6.45) is 2.08. The van der Waals surface area contributed by atoms with Crippen LogP contribution < -0.4 is 9.47 Å². The molecule has 126 valence electrons. The lowest BCUT2D eigenvalue weighted by atomic mass is 10.1. The van der Waals surface area contributed by atoms with Crippen LogP contribution in [0.2, 0.25) is 0 Å². The first-order chi connectivity index (χ1) is 12.3. The van der Waals surface area contributed by atoms with Crippen LogP contribution in [0.25, 0.3) is 11.0 Å². The Morgan fingerprint density at radius 3 is 2.72 bits per heavy atom. The Balaban J connectivity index is 1.43. The van der Waals surface area contributed by atoms with Crippen molar-refractivity contribution >= 4 is 16.9 Å². The molecule has 0 N–H and O–H groups in total. The van der Waals surface area contributed by atoms with Gasteiger partial charge < -0.3 is 18.8 Å². The molecule has 0 unspecified atom stereocenters. The normalized spacial score (nSPS) is 15.5. The topological polar surface area (TPSA) is 51.9 Å². The standard InChI is InChI=1S/C20H17NO4/c22-20(19-10-14-3-1-2-4-16(14)25-19)21(15-6-7-15)11-13-5-8-17-18(9-13)24-12-23-17/h1-5,8-10,15H,6-7,11-12H2. The molecule has 2 aromatic carbocycles. The maximum absolute atomic E-state index is 13.0. The minimum Gasteiger partial charge on any atom is -0.454 e. The number of hydrogen-bond acceptors (Lipinski definition) is 4. The fourth-order valence-corrected chi connectivity index (χ4v) is 3.22. The SMILES string of the molecule is O=C(c1cc2ccccc2o1)N(Cc1ccc2c(c1)OCO2)C1CC1. The summed E-state index contributed by atoms with van der Waals surface area (Å²) in [5.74, 6) is 1.83. The average Bonchev–Trinajstić information content (AvgIpc) is 3.20. The smallest absolute Gasteiger partial charge is 0.290 e. The molecule has 1 aromatic heterocycles. The Hall–Kier alpha value is -2.95. The maximum Gasteiger partial charge on any atom is 0.290 e. The minimum absolute atomic E-state index is 0.0589. The van der Waals surface area contributed by atoms with Crippen LogP contribution in [0, 0.1) is 0 Å². The van der Waals surface area contributed by atoms with Gasteiger partial charge in [0.15, 0.2) is 17.3 Å². The lowest BCUT2D eigenvalue weighted by molar-refractivity contribution is 0.0699. The molecule has 5 heteroatoms. The molecule has 1 aliphatic heterocycles. The third-order valence-electron chi connectivity index (χ3n) is 4.67. The van der Waals surface area contributed by atoms with Crippen LogP contribution in [-0.2, 0) is 6.54 Å². The average molecular weight is 335 g/mol. The van der Waals surface area contributed by atoms with Crippen molar-refractivity contribution in [1.82, 2.24) is 4.90 Å². The number of nitrogens with zero attached hydrogens (tertiary/aromatic N) is 1. The van der Waals surface area contributed by atoms with Gasteiger partial charge in [0, 0.05) is 18.0 Å². The fraction of sp³-hybridized carbons (Fsp3) is 0.250. The number of furan rings is 1. The van der Waals surface area contributed by atoms with Crippen molar-refractivity contribution in [1.29, 1.82) is 0 Å². The highest BCUT2D eigenvalue weighted by Crippen LogP contribution is 2.35. The van der Waals surface area contributed by atoms with Gasteiger partial charge in [0.05, 0.1) is 0 Å². The number of hydrogen-bond donors (Lipinski definition) is 0. The quantitative estimate of drug-likeness (QED) is 0.724. The first-order valence-corrected chi connectivity index (χ1v) is 8.46. The Morgan fingerprint density at radius 1 is 1.04 bits per heavy atom. The van der Waals surface area contributed by atoms with Crippen LogP contribution in [-0.4, -0.2) is 23.6 Å². The van der Waals surface area contributed by atoms with Crippen molar-refractivity contribution in [3.63, 3.8) is 0 Å². The minimum atomic E-state index is -0.0589. The Labute approximate surface area is 144 Å². The van der Waals surface area contributed by atoms with E-state index >= 15 is 0 Å². The Bertz CT molecular complexity index is 924. The zero-order valence-corrected chi connectivity index (χ0v) is 13.6. The highest BCUT2D eigenvalue weighted by molar-refractivity contribution is 5.96. The summed E-state index contributed by atoms with van der Waals surface area (Å²) >= 11 is 0. The lowest BCUT2D eigenvalue weighted by Gasteiger charge is -2.21. The van der Waals surface area contributed by atoms with Crippen LogP contribution >= 0.6 is 0 Å². The van der Waals surface area contributed by atoms with Crippen molar-refractivity contribution in [2.45, 2.75) is 25.4 Å². The predicted molar refractivity (Wildman–Crippen MR) is 91.7 cm³/mol. The number of fused-ring (bicyclic) bond motifs is 2. The zero-order chi connectivity index (χ0) is 16.8. The molecule has 5 rings (SSSR count). The number of benzene rings is 2. The summed E-state index contributed by atoms with van der Waals surface area (Å²) in [5.41, 5.74) is 1.77. The van der Waals surface area contributed by atoms with Crippen LogP contribution in [0.1, 0.15) is 29.0 Å². The van der Waals surface area contributed by atoms with Crippen LogP contribution in [0.5, 0.6) is 11.5 Å². The van der Waals surface area contributed by atoms with Gasteiger partial charge in [-0.05, 0) is 42.7 Å². The Kier molecular flexibility index (Phi) is 3.20. The molecular formula is C20H17NO4. The van der Waals surface area contributed by atoms with Gasteiger partial charge in [0.2, 0.25) is 6.79 Å². The molecule has 25 heavy (non-hydrogen) atoms. The molecule has 1 amide bonds. The highest BCUT2D eigenvalue weighted by atomic mass is 16.7. The number of carbonyl (C=O) groups is 1. The van der Waals surface area contributed by atoms with E-state index in [-0.39, 0.29) is 18.7 Å². The Morgan fingerprint density at radius 2 is 1.88 bits per heavy atom. The van der Waals surface area contributed by atoms with Crippen molar-refractivity contribution in [2.75, 3.05) is 6.79 Å². The third-order valence-corrected chi connectivity index (χ3v) is 4.67. The van der Waals surface area contributed by atoms with Gasteiger partial charge in [0.25, 0.3) is 5.91 Å². The zero-order valence-electron chi connectivity index (χ0n) is 13.6. The first-order valence-electron chi connectivity index (χ1n) is 8.46. The number of amides is 1. The first kappa shape index (κ1) is 14.4. The van der Waals surface area contributed by atoms with E-state index in [1.54, 1.807) is 0 Å². The molecule has 2 heterocycles. The predicted octanol–water partition coefficient (Wildman–Crippen LogP) is 3.97. The largest absolute Gasteiger partial charge is 0.454 e. The van der Waals surface area contributed by atoms with Crippen molar-refractivity contribution < 1.29 is 18.7 Å². The molecule has 0 bridgehead atoms. The van der Waals surface area contributed by atoms with Crippen LogP contribution in [0.4, 0.5) is 0 Å². The van der Waals surface area contributed by atoms with Crippen molar-refractivity contribution in [2.24, 2.45) is 0 Å². The van der Waals surface area contributed by atoms with Gasteiger partial charge in [-0.2, -0.15) is 0 Å². The third kappa shape index (κ3) is 2.61. The van der Waals surface area contributed by atoms with E-state index in [1.165, 1.54) is 0 Å². The second-order valence-electron chi connectivity index (χ2n) is 6.50. The van der Waals surface area contributed by atoms with Crippen molar-refractivity contribution in [3.8, 4) is 11.5 Å². The molecular weight excluding hydrogens is 318 g/mol. The molecule has 0 saturated heterocycles. The van der Waals surface area contributed by atoms with E-state index < -0.39 is 0 Å².